The molecule has 2 aromatic rings. The molecule has 6 nitrogen and oxygen atoms in total. The number of rotatable bonds is 6. The van der Waals surface area contributed by atoms with Crippen molar-refractivity contribution in [2.24, 2.45) is 5.10 Å². The summed E-state index contributed by atoms with van der Waals surface area (Å²) in [6.07, 6.45) is 2.63. The molecule has 1 N–H and O–H groups in total. The number of aliphatic carboxylic acids is 1. The van der Waals surface area contributed by atoms with Gasteiger partial charge in [-0.2, -0.15) is 16.4 Å². The first kappa shape index (κ1) is 15.5. The van der Waals surface area contributed by atoms with Crippen molar-refractivity contribution < 1.29 is 19.1 Å². The standard InChI is InChI=1S/C16H16N2O4S/c19-15(4-1-5-16(20)21)18-13(11-6-8-23-10-11)9-12(17-18)14-3-2-7-22-14/h2-3,6-8,10,13H,1,4-5,9H2,(H,20,21). The van der Waals surface area contributed by atoms with E-state index >= 15 is 0 Å². The first-order chi connectivity index (χ1) is 11.1. The van der Waals surface area contributed by atoms with Crippen LogP contribution in [0.1, 0.15) is 43.0 Å². The van der Waals surface area contributed by atoms with Gasteiger partial charge in [0.25, 0.3) is 0 Å². The molecule has 1 unspecified atom stereocenters. The lowest BCUT2D eigenvalue weighted by Gasteiger charge is -2.20. The van der Waals surface area contributed by atoms with E-state index in [0.717, 1.165) is 11.3 Å². The minimum Gasteiger partial charge on any atom is -0.481 e. The third-order valence-electron chi connectivity index (χ3n) is 3.68. The Morgan fingerprint density at radius 1 is 1.39 bits per heavy atom. The monoisotopic (exact) mass is 332 g/mol. The van der Waals surface area contributed by atoms with E-state index < -0.39 is 5.97 Å². The van der Waals surface area contributed by atoms with Crippen molar-refractivity contribution in [1.29, 1.82) is 0 Å². The highest BCUT2D eigenvalue weighted by Gasteiger charge is 2.33. The smallest absolute Gasteiger partial charge is 0.303 e. The Bertz CT molecular complexity index is 707. The second-order valence-electron chi connectivity index (χ2n) is 5.29. The lowest BCUT2D eigenvalue weighted by Crippen LogP contribution is -2.26. The van der Waals surface area contributed by atoms with E-state index in [1.54, 1.807) is 23.7 Å². The predicted molar refractivity (Wildman–Crippen MR) is 85.3 cm³/mol. The van der Waals surface area contributed by atoms with Gasteiger partial charge in [-0.1, -0.05) is 0 Å². The van der Waals surface area contributed by atoms with E-state index in [2.05, 4.69) is 5.10 Å². The summed E-state index contributed by atoms with van der Waals surface area (Å²) in [7, 11) is 0. The Kier molecular flexibility index (Phi) is 4.57. The van der Waals surface area contributed by atoms with Crippen LogP contribution in [0.15, 0.2) is 44.7 Å². The molecule has 1 amide bonds. The summed E-state index contributed by atoms with van der Waals surface area (Å²) in [6.45, 7) is 0. The van der Waals surface area contributed by atoms with Crippen molar-refractivity contribution in [2.45, 2.75) is 31.7 Å². The van der Waals surface area contributed by atoms with Crippen molar-refractivity contribution >= 4 is 28.9 Å². The molecule has 0 spiro atoms. The molecule has 0 aliphatic carbocycles. The molecular weight excluding hydrogens is 316 g/mol. The highest BCUT2D eigenvalue weighted by Crippen LogP contribution is 2.34. The number of carboxylic acid groups (broad SMARTS) is 1. The maximum absolute atomic E-state index is 12.4. The summed E-state index contributed by atoms with van der Waals surface area (Å²) in [5, 5.41) is 18.6. The summed E-state index contributed by atoms with van der Waals surface area (Å²) < 4.78 is 5.38. The van der Waals surface area contributed by atoms with Crippen LogP contribution in [0.5, 0.6) is 0 Å². The van der Waals surface area contributed by atoms with Gasteiger partial charge in [-0.15, -0.1) is 0 Å². The Hall–Kier alpha value is -2.41. The lowest BCUT2D eigenvalue weighted by molar-refractivity contribution is -0.137. The van der Waals surface area contributed by atoms with Crippen LogP contribution in [0.25, 0.3) is 0 Å². The fourth-order valence-corrected chi connectivity index (χ4v) is 3.27. The fraction of sp³-hybridized carbons (Fsp3) is 0.312. The Morgan fingerprint density at radius 2 is 2.26 bits per heavy atom. The van der Waals surface area contributed by atoms with Gasteiger partial charge in [-0.05, 0) is 40.9 Å². The average Bonchev–Trinajstić information content (AvgIpc) is 3.26. The van der Waals surface area contributed by atoms with Crippen LogP contribution >= 0.6 is 11.3 Å². The minimum absolute atomic E-state index is 0.0164. The normalized spacial score (nSPS) is 17.3. The largest absolute Gasteiger partial charge is 0.481 e. The van der Waals surface area contributed by atoms with Gasteiger partial charge in [0, 0.05) is 19.3 Å². The zero-order valence-electron chi connectivity index (χ0n) is 12.3. The first-order valence-electron chi connectivity index (χ1n) is 7.32. The van der Waals surface area contributed by atoms with E-state index in [1.807, 2.05) is 22.9 Å². The second-order valence-corrected chi connectivity index (χ2v) is 6.07. The van der Waals surface area contributed by atoms with Gasteiger partial charge in [0.15, 0.2) is 0 Å². The molecule has 0 saturated heterocycles. The number of hydrazone groups is 1. The molecule has 0 bridgehead atoms. The number of carbonyl (C=O) groups excluding carboxylic acids is 1. The van der Waals surface area contributed by atoms with Crippen molar-refractivity contribution in [2.75, 3.05) is 0 Å². The molecule has 0 aromatic carbocycles. The van der Waals surface area contributed by atoms with Gasteiger partial charge < -0.3 is 9.52 Å². The molecule has 120 valence electrons. The number of hydrogen-bond donors (Lipinski definition) is 1. The minimum atomic E-state index is -0.895. The number of furan rings is 1. The number of hydrogen-bond acceptors (Lipinski definition) is 5. The van der Waals surface area contributed by atoms with E-state index in [-0.39, 0.29) is 24.8 Å². The Balaban J connectivity index is 1.77. The quantitative estimate of drug-likeness (QED) is 0.880. The first-order valence-corrected chi connectivity index (χ1v) is 8.26. The van der Waals surface area contributed by atoms with Crippen LogP contribution in [0.2, 0.25) is 0 Å². The number of nitrogens with zero attached hydrogens (tertiary/aromatic N) is 2. The number of carbonyl (C=O) groups is 2. The maximum atomic E-state index is 12.4. The molecule has 1 aliphatic heterocycles. The molecule has 0 fully saturated rings. The highest BCUT2D eigenvalue weighted by atomic mass is 32.1. The lowest BCUT2D eigenvalue weighted by atomic mass is 10.0. The Morgan fingerprint density at radius 3 is 2.91 bits per heavy atom. The van der Waals surface area contributed by atoms with Crippen molar-refractivity contribution in [1.82, 2.24) is 5.01 Å². The van der Waals surface area contributed by atoms with E-state index in [0.29, 0.717) is 18.6 Å². The topological polar surface area (TPSA) is 83.1 Å². The van der Waals surface area contributed by atoms with Gasteiger partial charge >= 0.3 is 5.97 Å². The summed E-state index contributed by atoms with van der Waals surface area (Å²) in [4.78, 5) is 23.0. The zero-order chi connectivity index (χ0) is 16.2. The SMILES string of the molecule is O=C(O)CCCC(=O)N1N=C(c2ccco2)CC1c1ccsc1. The van der Waals surface area contributed by atoms with Gasteiger partial charge in [0.1, 0.15) is 11.5 Å². The molecule has 23 heavy (non-hydrogen) atoms. The van der Waals surface area contributed by atoms with Crippen LogP contribution in [0.4, 0.5) is 0 Å². The molecule has 1 atom stereocenters. The van der Waals surface area contributed by atoms with Gasteiger partial charge in [-0.3, -0.25) is 9.59 Å². The number of thiophene rings is 1. The van der Waals surface area contributed by atoms with Crippen LogP contribution in [-0.4, -0.2) is 27.7 Å². The molecule has 0 saturated carbocycles. The van der Waals surface area contributed by atoms with Gasteiger partial charge in [-0.25, -0.2) is 5.01 Å². The third kappa shape index (κ3) is 3.50. The molecule has 7 heteroatoms. The molecule has 1 aliphatic rings. The zero-order valence-corrected chi connectivity index (χ0v) is 13.2. The summed E-state index contributed by atoms with van der Waals surface area (Å²) in [6, 6.07) is 5.43. The van der Waals surface area contributed by atoms with Crippen LogP contribution in [-0.2, 0) is 9.59 Å². The number of carboxylic acids is 1. The maximum Gasteiger partial charge on any atom is 0.303 e. The molecule has 0 radical (unpaired) electrons. The Labute approximate surface area is 137 Å². The highest BCUT2D eigenvalue weighted by molar-refractivity contribution is 7.08. The number of amides is 1. The van der Waals surface area contributed by atoms with Crippen molar-refractivity contribution in [3.63, 3.8) is 0 Å². The van der Waals surface area contributed by atoms with Crippen LogP contribution in [0.3, 0.4) is 0 Å². The van der Waals surface area contributed by atoms with Gasteiger partial charge in [0.2, 0.25) is 5.91 Å². The van der Waals surface area contributed by atoms with Crippen molar-refractivity contribution in [3.05, 3.63) is 46.5 Å². The van der Waals surface area contributed by atoms with Crippen molar-refractivity contribution in [3.8, 4) is 0 Å². The third-order valence-corrected chi connectivity index (χ3v) is 4.38. The summed E-state index contributed by atoms with van der Waals surface area (Å²) in [5.74, 6) is -0.400. The fourth-order valence-electron chi connectivity index (χ4n) is 2.56. The average molecular weight is 332 g/mol. The van der Waals surface area contributed by atoms with Gasteiger partial charge in [0.05, 0.1) is 12.3 Å². The van der Waals surface area contributed by atoms with E-state index in [9.17, 15) is 9.59 Å². The second kappa shape index (κ2) is 6.78. The molecule has 3 heterocycles. The predicted octanol–water partition coefficient (Wildman–Crippen LogP) is 3.27. The molecule has 3 rings (SSSR count). The van der Waals surface area contributed by atoms with E-state index in [1.165, 1.54) is 5.01 Å². The van der Waals surface area contributed by atoms with Crippen LogP contribution in [0, 0.1) is 0 Å². The molecule has 2 aromatic heterocycles. The van der Waals surface area contributed by atoms with E-state index in [4.69, 9.17) is 9.52 Å². The summed E-state index contributed by atoms with van der Waals surface area (Å²) >= 11 is 1.57. The molecular formula is C16H16N2O4S. The van der Waals surface area contributed by atoms with Crippen LogP contribution < -0.4 is 0 Å². The summed E-state index contributed by atoms with van der Waals surface area (Å²) in [5.41, 5.74) is 1.77.